The zero-order valence-corrected chi connectivity index (χ0v) is 10.9. The summed E-state index contributed by atoms with van der Waals surface area (Å²) >= 11 is 5.83. The molecule has 0 atom stereocenters. The fourth-order valence-corrected chi connectivity index (χ4v) is 1.62. The van der Waals surface area contributed by atoms with E-state index in [1.54, 1.807) is 36.5 Å². The molecule has 1 aromatic carbocycles. The highest BCUT2D eigenvalue weighted by atomic mass is 35.5. The van der Waals surface area contributed by atoms with Crippen LogP contribution >= 0.6 is 11.6 Å². The van der Waals surface area contributed by atoms with Crippen LogP contribution in [0.15, 0.2) is 36.5 Å². The number of hydrogen-bond donors (Lipinski definition) is 1. The van der Waals surface area contributed by atoms with E-state index in [4.69, 9.17) is 16.9 Å². The number of nitrogens with zero attached hydrogens (tertiary/aromatic N) is 2. The molecule has 2 aromatic rings. The van der Waals surface area contributed by atoms with Gasteiger partial charge in [0.1, 0.15) is 17.0 Å². The molecule has 1 aromatic heterocycles. The highest BCUT2D eigenvalue weighted by Crippen LogP contribution is 2.27. The van der Waals surface area contributed by atoms with Gasteiger partial charge in [-0.25, -0.2) is 4.98 Å². The Balaban J connectivity index is 0.000000771. The Labute approximate surface area is 111 Å². The first-order valence-electron chi connectivity index (χ1n) is 5.56. The maximum atomic E-state index is 9.18. The first-order valence-corrected chi connectivity index (χ1v) is 5.94. The van der Waals surface area contributed by atoms with E-state index in [9.17, 15) is 5.11 Å². The van der Waals surface area contributed by atoms with Gasteiger partial charge in [-0.2, -0.15) is 5.26 Å². The molecule has 0 fully saturated rings. The lowest BCUT2D eigenvalue weighted by Gasteiger charge is -2.04. The van der Waals surface area contributed by atoms with Crippen LogP contribution in [-0.4, -0.2) is 10.1 Å². The summed E-state index contributed by atoms with van der Waals surface area (Å²) in [7, 11) is 0. The molecule has 2 rings (SSSR count). The molecule has 4 heteroatoms. The second-order valence-electron chi connectivity index (χ2n) is 3.18. The molecule has 0 spiro atoms. The van der Waals surface area contributed by atoms with Gasteiger partial charge in [-0.05, 0) is 23.8 Å². The molecule has 0 aliphatic rings. The predicted octanol–water partition coefficient (Wildman–Crippen LogP) is 4.01. The molecule has 0 radical (unpaired) electrons. The second-order valence-corrected chi connectivity index (χ2v) is 3.54. The number of nitriles is 1. The first kappa shape index (κ1) is 14.0. The van der Waals surface area contributed by atoms with Crippen LogP contribution in [0.25, 0.3) is 11.1 Å². The molecule has 0 saturated carbocycles. The van der Waals surface area contributed by atoms with Gasteiger partial charge in [-0.15, -0.1) is 0 Å². The highest BCUT2D eigenvalue weighted by Gasteiger charge is 2.09. The minimum atomic E-state index is 0.183. The van der Waals surface area contributed by atoms with Crippen LogP contribution in [0.5, 0.6) is 5.75 Å². The molecule has 0 aliphatic carbocycles. The van der Waals surface area contributed by atoms with E-state index < -0.39 is 0 Å². The van der Waals surface area contributed by atoms with Crippen molar-refractivity contribution in [1.29, 1.82) is 5.26 Å². The summed E-state index contributed by atoms with van der Waals surface area (Å²) in [5.74, 6) is 0.183. The molecule has 0 aliphatic heterocycles. The Hall–Kier alpha value is -2.05. The molecule has 0 unspecified atom stereocenters. The molecule has 1 N–H and O–H groups in total. The van der Waals surface area contributed by atoms with Gasteiger partial charge in [-0.3, -0.25) is 0 Å². The smallest absolute Gasteiger partial charge is 0.147 e. The average Bonchev–Trinajstić information content (AvgIpc) is 2.41. The van der Waals surface area contributed by atoms with Crippen LogP contribution in [0.3, 0.4) is 0 Å². The van der Waals surface area contributed by atoms with Crippen LogP contribution in [0.4, 0.5) is 0 Å². The van der Waals surface area contributed by atoms with E-state index >= 15 is 0 Å². The van der Waals surface area contributed by atoms with Crippen LogP contribution in [0, 0.1) is 11.3 Å². The van der Waals surface area contributed by atoms with Gasteiger partial charge in [0.2, 0.25) is 0 Å². The minimum absolute atomic E-state index is 0.183. The average molecular weight is 261 g/mol. The van der Waals surface area contributed by atoms with Crippen molar-refractivity contribution in [3.05, 3.63) is 47.2 Å². The molecule has 1 heterocycles. The van der Waals surface area contributed by atoms with Crippen LogP contribution in [0.1, 0.15) is 19.4 Å². The fourth-order valence-electron chi connectivity index (χ4n) is 1.42. The van der Waals surface area contributed by atoms with Gasteiger partial charge >= 0.3 is 0 Å². The molecule has 18 heavy (non-hydrogen) atoms. The van der Waals surface area contributed by atoms with Gasteiger partial charge in [0, 0.05) is 11.8 Å². The Morgan fingerprint density at radius 1 is 1.17 bits per heavy atom. The van der Waals surface area contributed by atoms with E-state index in [0.717, 1.165) is 5.56 Å². The molecular weight excluding hydrogens is 248 g/mol. The Kier molecular flexibility index (Phi) is 5.16. The van der Waals surface area contributed by atoms with Gasteiger partial charge in [0.25, 0.3) is 0 Å². The van der Waals surface area contributed by atoms with Crippen molar-refractivity contribution in [3.63, 3.8) is 0 Å². The third-order valence-electron chi connectivity index (χ3n) is 2.19. The van der Waals surface area contributed by atoms with Crippen molar-refractivity contribution in [2.24, 2.45) is 0 Å². The zero-order chi connectivity index (χ0) is 13.5. The van der Waals surface area contributed by atoms with Crippen molar-refractivity contribution in [3.8, 4) is 22.9 Å². The van der Waals surface area contributed by atoms with Gasteiger partial charge in [0.05, 0.1) is 5.56 Å². The second kappa shape index (κ2) is 6.63. The van der Waals surface area contributed by atoms with E-state index in [0.29, 0.717) is 11.1 Å². The molecule has 0 saturated heterocycles. The lowest BCUT2D eigenvalue weighted by atomic mass is 10.0. The van der Waals surface area contributed by atoms with Gasteiger partial charge in [-0.1, -0.05) is 37.6 Å². The van der Waals surface area contributed by atoms with E-state index in [1.807, 2.05) is 19.9 Å². The predicted molar refractivity (Wildman–Crippen MR) is 72.4 cm³/mol. The number of phenolic OH excluding ortho intramolecular Hbond substituents is 1. The van der Waals surface area contributed by atoms with E-state index in [1.165, 1.54) is 0 Å². The zero-order valence-electron chi connectivity index (χ0n) is 10.2. The van der Waals surface area contributed by atoms with Gasteiger partial charge in [0.15, 0.2) is 0 Å². The molecule has 0 bridgehead atoms. The SMILES string of the molecule is CC.N#Cc1c(-c2ccc(O)cc2)ccnc1Cl. The lowest BCUT2D eigenvalue weighted by Crippen LogP contribution is -1.88. The van der Waals surface area contributed by atoms with E-state index in [-0.39, 0.29) is 10.9 Å². The van der Waals surface area contributed by atoms with Crippen LogP contribution in [0.2, 0.25) is 5.15 Å². The van der Waals surface area contributed by atoms with Crippen molar-refractivity contribution in [2.75, 3.05) is 0 Å². The quantitative estimate of drug-likeness (QED) is 0.789. The van der Waals surface area contributed by atoms with Crippen molar-refractivity contribution in [1.82, 2.24) is 4.98 Å². The number of phenols is 1. The maximum absolute atomic E-state index is 9.18. The number of aromatic nitrogens is 1. The van der Waals surface area contributed by atoms with Crippen LogP contribution in [-0.2, 0) is 0 Å². The number of aromatic hydroxyl groups is 1. The summed E-state index contributed by atoms with van der Waals surface area (Å²) in [6.07, 6.45) is 1.55. The number of rotatable bonds is 1. The summed E-state index contributed by atoms with van der Waals surface area (Å²) < 4.78 is 0. The first-order chi connectivity index (χ1) is 8.72. The Morgan fingerprint density at radius 2 is 1.78 bits per heavy atom. The lowest BCUT2D eigenvalue weighted by molar-refractivity contribution is 0.475. The molecule has 3 nitrogen and oxygen atoms in total. The summed E-state index contributed by atoms with van der Waals surface area (Å²) in [6, 6.07) is 10.3. The normalized spacial score (nSPS) is 9.00. The molecule has 92 valence electrons. The summed E-state index contributed by atoms with van der Waals surface area (Å²) in [5.41, 5.74) is 1.87. The number of halogens is 1. The molecular formula is C14H13ClN2O. The number of benzene rings is 1. The third-order valence-corrected chi connectivity index (χ3v) is 2.48. The van der Waals surface area contributed by atoms with Crippen molar-refractivity contribution >= 4 is 11.6 Å². The molecule has 0 amide bonds. The maximum Gasteiger partial charge on any atom is 0.147 e. The highest BCUT2D eigenvalue weighted by molar-refractivity contribution is 6.30. The summed E-state index contributed by atoms with van der Waals surface area (Å²) in [6.45, 7) is 4.00. The number of hydrogen-bond acceptors (Lipinski definition) is 3. The van der Waals surface area contributed by atoms with Crippen LogP contribution < -0.4 is 0 Å². The summed E-state index contributed by atoms with van der Waals surface area (Å²) in [4.78, 5) is 3.85. The topological polar surface area (TPSA) is 56.9 Å². The third kappa shape index (κ3) is 2.99. The largest absolute Gasteiger partial charge is 0.508 e. The van der Waals surface area contributed by atoms with Gasteiger partial charge < -0.3 is 5.11 Å². The standard InChI is InChI=1S/C12H7ClN2O.C2H6/c13-12-11(7-14)10(5-6-15-12)8-1-3-9(16)4-2-8;1-2/h1-6,16H;1-2H3. The van der Waals surface area contributed by atoms with Crippen molar-refractivity contribution in [2.45, 2.75) is 13.8 Å². The Bertz CT molecular complexity index is 559. The monoisotopic (exact) mass is 260 g/mol. The fraction of sp³-hybridized carbons (Fsp3) is 0.143. The van der Waals surface area contributed by atoms with Crippen molar-refractivity contribution < 1.29 is 5.11 Å². The number of pyridine rings is 1. The Morgan fingerprint density at radius 3 is 2.33 bits per heavy atom. The summed E-state index contributed by atoms with van der Waals surface area (Å²) in [5, 5.41) is 18.4. The van der Waals surface area contributed by atoms with E-state index in [2.05, 4.69) is 4.98 Å². The minimum Gasteiger partial charge on any atom is -0.508 e.